The summed E-state index contributed by atoms with van der Waals surface area (Å²) >= 11 is 0. The van der Waals surface area contributed by atoms with Gasteiger partial charge in [-0.2, -0.15) is 0 Å². The summed E-state index contributed by atoms with van der Waals surface area (Å²) in [5.41, 5.74) is 5.30. The van der Waals surface area contributed by atoms with E-state index in [1.54, 1.807) is 0 Å². The van der Waals surface area contributed by atoms with E-state index in [0.717, 1.165) is 0 Å². The van der Waals surface area contributed by atoms with E-state index in [1.165, 1.54) is 0 Å². The summed E-state index contributed by atoms with van der Waals surface area (Å²) in [6.07, 6.45) is 0. The van der Waals surface area contributed by atoms with Gasteiger partial charge in [0, 0.05) is 6.04 Å². The zero-order valence-electron chi connectivity index (χ0n) is 6.63. The molecule has 60 valence electrons. The normalized spacial score (nSPS) is 16.9. The molecule has 2 atom stereocenters. The molecule has 3 nitrogen and oxygen atoms in total. The third-order valence-electron chi connectivity index (χ3n) is 1.89. The Bertz CT molecular complexity index is 123. The van der Waals surface area contributed by atoms with Crippen LogP contribution in [0.2, 0.25) is 0 Å². The van der Waals surface area contributed by atoms with Gasteiger partial charge in [-0.05, 0) is 11.8 Å². The van der Waals surface area contributed by atoms with Crippen molar-refractivity contribution < 1.29 is 9.90 Å². The van der Waals surface area contributed by atoms with Crippen molar-refractivity contribution in [3.63, 3.8) is 0 Å². The SMILES string of the molecule is CC(C)C(C)C(N)C(=O)[O-]. The van der Waals surface area contributed by atoms with Crippen molar-refractivity contribution in [3.8, 4) is 0 Å². The van der Waals surface area contributed by atoms with Crippen molar-refractivity contribution in [3.05, 3.63) is 0 Å². The number of hydrogen-bond donors (Lipinski definition) is 1. The maximum absolute atomic E-state index is 10.2. The van der Waals surface area contributed by atoms with Gasteiger partial charge in [0.25, 0.3) is 0 Å². The minimum Gasteiger partial charge on any atom is -0.548 e. The number of nitrogens with two attached hydrogens (primary N) is 1. The second kappa shape index (κ2) is 3.56. The Balaban J connectivity index is 3.94. The van der Waals surface area contributed by atoms with Crippen LogP contribution in [0, 0.1) is 11.8 Å². The summed E-state index contributed by atoms with van der Waals surface area (Å²) in [4.78, 5) is 10.2. The predicted octanol–water partition coefficient (Wildman–Crippen LogP) is -0.644. The lowest BCUT2D eigenvalue weighted by molar-refractivity contribution is -0.309. The van der Waals surface area contributed by atoms with Crippen molar-refractivity contribution in [2.24, 2.45) is 17.6 Å². The third-order valence-corrected chi connectivity index (χ3v) is 1.89. The molecular formula is C7H14NO2-. The van der Waals surface area contributed by atoms with Crippen LogP contribution in [-0.4, -0.2) is 12.0 Å². The van der Waals surface area contributed by atoms with E-state index >= 15 is 0 Å². The molecule has 0 aliphatic carbocycles. The van der Waals surface area contributed by atoms with Crippen LogP contribution >= 0.6 is 0 Å². The van der Waals surface area contributed by atoms with Crippen molar-refractivity contribution >= 4 is 5.97 Å². The van der Waals surface area contributed by atoms with Crippen molar-refractivity contribution in [2.45, 2.75) is 26.8 Å². The van der Waals surface area contributed by atoms with Crippen LogP contribution in [0.1, 0.15) is 20.8 Å². The average molecular weight is 144 g/mol. The predicted molar refractivity (Wildman–Crippen MR) is 37.0 cm³/mol. The number of carboxylic acids is 1. The molecule has 0 amide bonds. The molecule has 0 radical (unpaired) electrons. The van der Waals surface area contributed by atoms with Gasteiger partial charge in [0.2, 0.25) is 0 Å². The van der Waals surface area contributed by atoms with E-state index in [0.29, 0.717) is 0 Å². The number of hydrogen-bond acceptors (Lipinski definition) is 3. The Labute approximate surface area is 61.2 Å². The molecule has 10 heavy (non-hydrogen) atoms. The van der Waals surface area contributed by atoms with Crippen molar-refractivity contribution in [2.75, 3.05) is 0 Å². The molecule has 0 rings (SSSR count). The highest BCUT2D eigenvalue weighted by atomic mass is 16.4. The van der Waals surface area contributed by atoms with E-state index in [-0.39, 0.29) is 11.8 Å². The Hall–Kier alpha value is -0.570. The van der Waals surface area contributed by atoms with E-state index in [9.17, 15) is 9.90 Å². The molecule has 2 N–H and O–H groups in total. The van der Waals surface area contributed by atoms with Gasteiger partial charge in [-0.25, -0.2) is 0 Å². The Morgan fingerprint density at radius 1 is 1.40 bits per heavy atom. The van der Waals surface area contributed by atoms with Crippen LogP contribution in [0.4, 0.5) is 0 Å². The first-order chi connectivity index (χ1) is 4.46. The molecule has 0 heterocycles. The molecule has 2 unspecified atom stereocenters. The molecule has 0 aromatic rings. The van der Waals surface area contributed by atoms with Gasteiger partial charge in [-0.15, -0.1) is 0 Å². The van der Waals surface area contributed by atoms with Gasteiger partial charge in [0.1, 0.15) is 0 Å². The second-order valence-electron chi connectivity index (χ2n) is 2.95. The smallest absolute Gasteiger partial charge is 0.0584 e. The van der Waals surface area contributed by atoms with E-state index in [4.69, 9.17) is 5.73 Å². The molecule has 0 spiro atoms. The van der Waals surface area contributed by atoms with Crippen LogP contribution < -0.4 is 10.8 Å². The van der Waals surface area contributed by atoms with Crippen LogP contribution in [-0.2, 0) is 4.79 Å². The number of carboxylic acid groups (broad SMARTS) is 1. The maximum Gasteiger partial charge on any atom is 0.0584 e. The molecule has 3 heteroatoms. The first kappa shape index (κ1) is 9.43. The minimum absolute atomic E-state index is 0.0231. The topological polar surface area (TPSA) is 66.2 Å². The van der Waals surface area contributed by atoms with E-state index in [2.05, 4.69) is 0 Å². The highest BCUT2D eigenvalue weighted by Gasteiger charge is 2.16. The maximum atomic E-state index is 10.2. The van der Waals surface area contributed by atoms with Gasteiger partial charge < -0.3 is 15.6 Å². The average Bonchev–Trinajstić information content (AvgIpc) is 1.84. The monoisotopic (exact) mass is 144 g/mol. The molecule has 0 aliphatic heterocycles. The molecule has 0 aromatic heterocycles. The lowest BCUT2D eigenvalue weighted by atomic mass is 9.91. The van der Waals surface area contributed by atoms with Gasteiger partial charge in [0.05, 0.1) is 5.97 Å². The van der Waals surface area contributed by atoms with Crippen LogP contribution in [0.15, 0.2) is 0 Å². The third kappa shape index (κ3) is 2.35. The Morgan fingerprint density at radius 3 is 1.90 bits per heavy atom. The highest BCUT2D eigenvalue weighted by molar-refractivity contribution is 5.71. The molecule has 0 fully saturated rings. The molecule has 0 saturated heterocycles. The van der Waals surface area contributed by atoms with Gasteiger partial charge in [0.15, 0.2) is 0 Å². The Kier molecular flexibility index (Phi) is 3.36. The fourth-order valence-electron chi connectivity index (χ4n) is 0.629. The summed E-state index contributed by atoms with van der Waals surface area (Å²) in [7, 11) is 0. The first-order valence-corrected chi connectivity index (χ1v) is 3.43. The number of carbonyl (C=O) groups excluding carboxylic acids is 1. The first-order valence-electron chi connectivity index (χ1n) is 3.43. The summed E-state index contributed by atoms with van der Waals surface area (Å²) in [6, 6.07) is -0.833. The number of aliphatic carboxylic acids is 1. The second-order valence-corrected chi connectivity index (χ2v) is 2.95. The summed E-state index contributed by atoms with van der Waals surface area (Å²) in [5.74, 6) is -0.904. The van der Waals surface area contributed by atoms with Gasteiger partial charge >= 0.3 is 0 Å². The fraction of sp³-hybridized carbons (Fsp3) is 0.857. The summed E-state index contributed by atoms with van der Waals surface area (Å²) in [6.45, 7) is 5.69. The van der Waals surface area contributed by atoms with Crippen molar-refractivity contribution in [1.29, 1.82) is 0 Å². The standard InChI is InChI=1S/C7H15NO2/c1-4(2)5(3)6(8)7(9)10/h4-6H,8H2,1-3H3,(H,9,10)/p-1. The molecule has 0 aliphatic rings. The molecule has 0 bridgehead atoms. The number of carbonyl (C=O) groups is 1. The summed E-state index contributed by atoms with van der Waals surface area (Å²) < 4.78 is 0. The highest BCUT2D eigenvalue weighted by Crippen LogP contribution is 2.11. The lowest BCUT2D eigenvalue weighted by Crippen LogP contribution is -2.47. The zero-order valence-corrected chi connectivity index (χ0v) is 6.63. The van der Waals surface area contributed by atoms with Crippen LogP contribution in [0.3, 0.4) is 0 Å². The summed E-state index contributed by atoms with van der Waals surface area (Å²) in [5, 5.41) is 10.2. The molecule has 0 saturated carbocycles. The zero-order chi connectivity index (χ0) is 8.31. The largest absolute Gasteiger partial charge is 0.548 e. The van der Waals surface area contributed by atoms with E-state index in [1.807, 2.05) is 20.8 Å². The van der Waals surface area contributed by atoms with Gasteiger partial charge in [-0.1, -0.05) is 20.8 Å². The lowest BCUT2D eigenvalue weighted by Gasteiger charge is -2.23. The molecule has 0 aromatic carbocycles. The van der Waals surface area contributed by atoms with Crippen LogP contribution in [0.5, 0.6) is 0 Å². The molecular weight excluding hydrogens is 130 g/mol. The number of rotatable bonds is 3. The quantitative estimate of drug-likeness (QED) is 0.572. The van der Waals surface area contributed by atoms with E-state index < -0.39 is 12.0 Å². The van der Waals surface area contributed by atoms with Crippen LogP contribution in [0.25, 0.3) is 0 Å². The Morgan fingerprint density at radius 2 is 1.80 bits per heavy atom. The van der Waals surface area contributed by atoms with Gasteiger partial charge in [-0.3, -0.25) is 0 Å². The fourth-order valence-corrected chi connectivity index (χ4v) is 0.629. The minimum atomic E-state index is -1.17. The van der Waals surface area contributed by atoms with Crippen molar-refractivity contribution in [1.82, 2.24) is 0 Å².